The van der Waals surface area contributed by atoms with Gasteiger partial charge in [0.1, 0.15) is 0 Å². The summed E-state index contributed by atoms with van der Waals surface area (Å²) in [5.41, 5.74) is 8.80. The third-order valence-electron chi connectivity index (χ3n) is 4.31. The summed E-state index contributed by atoms with van der Waals surface area (Å²) in [6.07, 6.45) is 2.08. The molecular formula is C17H27N3O. The quantitative estimate of drug-likeness (QED) is 0.919. The number of hydrogen-bond donors (Lipinski definition) is 1. The molecule has 1 heterocycles. The SMILES string of the molecule is Cc1ccc(C(=O)N2CCCN(CCCN)CC2)cc1C. The minimum Gasteiger partial charge on any atom is -0.337 e. The van der Waals surface area contributed by atoms with Crippen LogP contribution in [0.25, 0.3) is 0 Å². The molecule has 4 nitrogen and oxygen atoms in total. The Bertz CT molecular complexity index is 487. The Morgan fingerprint density at radius 3 is 2.67 bits per heavy atom. The summed E-state index contributed by atoms with van der Waals surface area (Å²) in [5, 5.41) is 0. The predicted molar refractivity (Wildman–Crippen MR) is 86.5 cm³/mol. The Morgan fingerprint density at radius 1 is 1.14 bits per heavy atom. The van der Waals surface area contributed by atoms with Crippen LogP contribution in [0.2, 0.25) is 0 Å². The number of hydrogen-bond acceptors (Lipinski definition) is 3. The molecule has 21 heavy (non-hydrogen) atoms. The second kappa shape index (κ2) is 7.57. The molecule has 0 unspecified atom stereocenters. The van der Waals surface area contributed by atoms with Crippen molar-refractivity contribution in [1.82, 2.24) is 9.80 Å². The van der Waals surface area contributed by atoms with Gasteiger partial charge in [-0.3, -0.25) is 4.79 Å². The number of nitrogens with zero attached hydrogens (tertiary/aromatic N) is 2. The van der Waals surface area contributed by atoms with E-state index in [2.05, 4.69) is 18.7 Å². The second-order valence-electron chi connectivity index (χ2n) is 5.93. The second-order valence-corrected chi connectivity index (χ2v) is 5.93. The highest BCUT2D eigenvalue weighted by molar-refractivity contribution is 5.94. The smallest absolute Gasteiger partial charge is 0.253 e. The highest BCUT2D eigenvalue weighted by Gasteiger charge is 2.20. The summed E-state index contributed by atoms with van der Waals surface area (Å²) in [6.45, 7) is 9.60. The number of rotatable bonds is 4. The fraction of sp³-hybridized carbons (Fsp3) is 0.588. The highest BCUT2D eigenvalue weighted by atomic mass is 16.2. The Balaban J connectivity index is 1.98. The van der Waals surface area contributed by atoms with Crippen LogP contribution >= 0.6 is 0 Å². The van der Waals surface area contributed by atoms with Gasteiger partial charge < -0.3 is 15.5 Å². The molecule has 0 saturated carbocycles. The number of carbonyl (C=O) groups excluding carboxylic acids is 1. The lowest BCUT2D eigenvalue weighted by Gasteiger charge is -2.22. The van der Waals surface area contributed by atoms with Crippen LogP contribution in [-0.2, 0) is 0 Å². The average Bonchev–Trinajstić information content (AvgIpc) is 2.73. The summed E-state index contributed by atoms with van der Waals surface area (Å²) in [5.74, 6) is 0.166. The molecule has 0 aliphatic carbocycles. The molecule has 0 bridgehead atoms. The lowest BCUT2D eigenvalue weighted by Crippen LogP contribution is -2.35. The van der Waals surface area contributed by atoms with E-state index in [1.165, 1.54) is 11.1 Å². The monoisotopic (exact) mass is 289 g/mol. The van der Waals surface area contributed by atoms with Crippen molar-refractivity contribution >= 4 is 5.91 Å². The van der Waals surface area contributed by atoms with Crippen molar-refractivity contribution in [2.45, 2.75) is 26.7 Å². The summed E-state index contributed by atoms with van der Waals surface area (Å²) < 4.78 is 0. The van der Waals surface area contributed by atoms with E-state index in [9.17, 15) is 4.79 Å². The Labute approximate surface area is 127 Å². The molecule has 0 radical (unpaired) electrons. The first kappa shape index (κ1) is 16.0. The molecule has 1 fully saturated rings. The molecule has 4 heteroatoms. The van der Waals surface area contributed by atoms with Gasteiger partial charge in [0.15, 0.2) is 0 Å². The molecule has 1 aromatic carbocycles. The van der Waals surface area contributed by atoms with Gasteiger partial charge in [0.05, 0.1) is 0 Å². The van der Waals surface area contributed by atoms with Crippen LogP contribution in [0, 0.1) is 13.8 Å². The van der Waals surface area contributed by atoms with E-state index in [4.69, 9.17) is 5.73 Å². The number of benzene rings is 1. The predicted octanol–water partition coefficient (Wildman–Crippen LogP) is 1.80. The molecule has 1 aliphatic heterocycles. The van der Waals surface area contributed by atoms with E-state index in [1.54, 1.807) is 0 Å². The first-order valence-electron chi connectivity index (χ1n) is 7.91. The standard InChI is InChI=1S/C17H27N3O/c1-14-5-6-16(13-15(14)2)17(21)20-10-4-9-19(11-12-20)8-3-7-18/h5-6,13H,3-4,7-12,18H2,1-2H3. The molecule has 2 N–H and O–H groups in total. The number of nitrogens with two attached hydrogens (primary N) is 1. The molecule has 1 aliphatic rings. The Kier molecular flexibility index (Phi) is 5.76. The minimum absolute atomic E-state index is 0.166. The van der Waals surface area contributed by atoms with Gasteiger partial charge in [-0.05, 0) is 69.6 Å². The molecule has 2 rings (SSSR count). The van der Waals surface area contributed by atoms with Crippen molar-refractivity contribution in [3.63, 3.8) is 0 Å². The van der Waals surface area contributed by atoms with Gasteiger partial charge in [-0.15, -0.1) is 0 Å². The van der Waals surface area contributed by atoms with Gasteiger partial charge in [0.25, 0.3) is 5.91 Å². The summed E-state index contributed by atoms with van der Waals surface area (Å²) in [4.78, 5) is 17.0. The lowest BCUT2D eigenvalue weighted by molar-refractivity contribution is 0.0761. The zero-order valence-electron chi connectivity index (χ0n) is 13.3. The Morgan fingerprint density at radius 2 is 1.95 bits per heavy atom. The van der Waals surface area contributed by atoms with Gasteiger partial charge in [-0.1, -0.05) is 6.07 Å². The van der Waals surface area contributed by atoms with Crippen LogP contribution in [0.15, 0.2) is 18.2 Å². The van der Waals surface area contributed by atoms with Gasteiger partial charge >= 0.3 is 0 Å². The molecule has 0 spiro atoms. The van der Waals surface area contributed by atoms with Crippen LogP contribution in [0.1, 0.15) is 34.3 Å². The molecule has 116 valence electrons. The molecule has 0 aromatic heterocycles. The van der Waals surface area contributed by atoms with Gasteiger partial charge in [-0.2, -0.15) is 0 Å². The zero-order chi connectivity index (χ0) is 15.2. The van der Waals surface area contributed by atoms with Crippen LogP contribution in [0.3, 0.4) is 0 Å². The lowest BCUT2D eigenvalue weighted by atomic mass is 10.1. The van der Waals surface area contributed by atoms with E-state index in [0.717, 1.165) is 57.7 Å². The van der Waals surface area contributed by atoms with Crippen molar-refractivity contribution in [1.29, 1.82) is 0 Å². The van der Waals surface area contributed by atoms with Gasteiger partial charge in [0, 0.05) is 25.2 Å². The first-order chi connectivity index (χ1) is 10.1. The van der Waals surface area contributed by atoms with Crippen LogP contribution in [0.5, 0.6) is 0 Å². The van der Waals surface area contributed by atoms with E-state index in [-0.39, 0.29) is 5.91 Å². The fourth-order valence-electron chi connectivity index (χ4n) is 2.77. The zero-order valence-corrected chi connectivity index (χ0v) is 13.3. The first-order valence-corrected chi connectivity index (χ1v) is 7.91. The van der Waals surface area contributed by atoms with Gasteiger partial charge in [-0.25, -0.2) is 0 Å². The fourth-order valence-corrected chi connectivity index (χ4v) is 2.77. The van der Waals surface area contributed by atoms with E-state index < -0.39 is 0 Å². The number of carbonyl (C=O) groups is 1. The van der Waals surface area contributed by atoms with Crippen molar-refractivity contribution in [3.05, 3.63) is 34.9 Å². The molecule has 1 aromatic rings. The summed E-state index contributed by atoms with van der Waals surface area (Å²) in [6, 6.07) is 5.99. The molecule has 1 amide bonds. The molecule has 1 saturated heterocycles. The van der Waals surface area contributed by atoms with Crippen LogP contribution < -0.4 is 5.73 Å². The van der Waals surface area contributed by atoms with E-state index in [1.807, 2.05) is 23.1 Å². The maximum Gasteiger partial charge on any atom is 0.253 e. The van der Waals surface area contributed by atoms with Crippen LogP contribution in [0.4, 0.5) is 0 Å². The van der Waals surface area contributed by atoms with E-state index >= 15 is 0 Å². The van der Waals surface area contributed by atoms with Gasteiger partial charge in [0.2, 0.25) is 0 Å². The molecule has 0 atom stereocenters. The topological polar surface area (TPSA) is 49.6 Å². The third-order valence-corrected chi connectivity index (χ3v) is 4.31. The maximum absolute atomic E-state index is 12.6. The third kappa shape index (κ3) is 4.29. The van der Waals surface area contributed by atoms with Crippen molar-refractivity contribution in [2.75, 3.05) is 39.3 Å². The number of aryl methyl sites for hydroxylation is 2. The molecular weight excluding hydrogens is 262 g/mol. The largest absolute Gasteiger partial charge is 0.337 e. The maximum atomic E-state index is 12.6. The van der Waals surface area contributed by atoms with Crippen molar-refractivity contribution < 1.29 is 4.79 Å². The van der Waals surface area contributed by atoms with Crippen molar-refractivity contribution in [2.24, 2.45) is 5.73 Å². The average molecular weight is 289 g/mol. The normalized spacial score (nSPS) is 16.8. The Hall–Kier alpha value is -1.39. The van der Waals surface area contributed by atoms with Crippen LogP contribution in [-0.4, -0.2) is 55.0 Å². The number of amides is 1. The van der Waals surface area contributed by atoms with Crippen molar-refractivity contribution in [3.8, 4) is 0 Å². The highest BCUT2D eigenvalue weighted by Crippen LogP contribution is 2.14. The minimum atomic E-state index is 0.166. The summed E-state index contributed by atoms with van der Waals surface area (Å²) in [7, 11) is 0. The summed E-state index contributed by atoms with van der Waals surface area (Å²) >= 11 is 0. The van der Waals surface area contributed by atoms with E-state index in [0.29, 0.717) is 0 Å².